The Hall–Kier alpha value is -3.04. The minimum absolute atomic E-state index is 0.0502. The van der Waals surface area contributed by atoms with Crippen molar-refractivity contribution in [2.24, 2.45) is 0 Å². The number of carbonyl (C=O) groups excluding carboxylic acids is 1. The van der Waals surface area contributed by atoms with Crippen LogP contribution in [0, 0.1) is 6.92 Å². The maximum absolute atomic E-state index is 13.5. The van der Waals surface area contributed by atoms with Crippen LogP contribution in [0.4, 0.5) is 0 Å². The lowest BCUT2D eigenvalue weighted by Crippen LogP contribution is -2.40. The van der Waals surface area contributed by atoms with Crippen LogP contribution in [0.25, 0.3) is 10.9 Å². The first-order valence-corrected chi connectivity index (χ1v) is 10.2. The number of aromatic nitrogens is 1. The van der Waals surface area contributed by atoms with Gasteiger partial charge in [-0.2, -0.15) is 0 Å². The van der Waals surface area contributed by atoms with Crippen molar-refractivity contribution in [3.63, 3.8) is 0 Å². The Morgan fingerprint density at radius 2 is 1.72 bits per heavy atom. The fraction of sp³-hybridized carbons (Fsp3) is 0.160. The second kappa shape index (κ2) is 7.09. The molecule has 4 heteroatoms. The number of hydrogen-bond donors (Lipinski definition) is 1. The van der Waals surface area contributed by atoms with Crippen LogP contribution in [0.1, 0.15) is 38.8 Å². The molecule has 0 saturated carbocycles. The van der Waals surface area contributed by atoms with Crippen molar-refractivity contribution < 1.29 is 4.79 Å². The Balaban J connectivity index is 1.65. The van der Waals surface area contributed by atoms with Crippen molar-refractivity contribution in [2.45, 2.75) is 19.4 Å². The summed E-state index contributed by atoms with van der Waals surface area (Å²) in [5.41, 5.74) is 6.43. The van der Waals surface area contributed by atoms with Gasteiger partial charge in [0.25, 0.3) is 5.91 Å². The molecule has 1 atom stereocenters. The summed E-state index contributed by atoms with van der Waals surface area (Å²) in [6.07, 6.45) is 0.834. The van der Waals surface area contributed by atoms with E-state index in [1.807, 2.05) is 66.4 Å². The molecule has 1 amide bonds. The Morgan fingerprint density at radius 3 is 2.48 bits per heavy atom. The molecule has 0 bridgehead atoms. The number of aryl methyl sites for hydroxylation is 1. The highest BCUT2D eigenvalue weighted by molar-refractivity contribution is 6.30. The molecular formula is C25H21ClN2O. The lowest BCUT2D eigenvalue weighted by molar-refractivity contribution is 0.0692. The molecule has 1 N–H and O–H groups in total. The second-order valence-corrected chi connectivity index (χ2v) is 8.07. The molecule has 0 unspecified atom stereocenters. The van der Waals surface area contributed by atoms with Crippen LogP contribution in [-0.4, -0.2) is 22.3 Å². The number of nitrogens with one attached hydrogen (secondary N) is 1. The Kier molecular flexibility index (Phi) is 4.40. The third-order valence-corrected chi connectivity index (χ3v) is 6.03. The summed E-state index contributed by atoms with van der Waals surface area (Å²) in [5, 5.41) is 1.93. The average molecular weight is 401 g/mol. The van der Waals surface area contributed by atoms with Gasteiger partial charge >= 0.3 is 0 Å². The first kappa shape index (κ1) is 18.0. The fourth-order valence-electron chi connectivity index (χ4n) is 4.31. The van der Waals surface area contributed by atoms with Crippen LogP contribution in [0.3, 0.4) is 0 Å². The van der Waals surface area contributed by atoms with Crippen LogP contribution in [0.5, 0.6) is 0 Å². The normalized spacial score (nSPS) is 16.1. The zero-order chi connectivity index (χ0) is 20.0. The quantitative estimate of drug-likeness (QED) is 0.445. The molecule has 5 rings (SSSR count). The van der Waals surface area contributed by atoms with Crippen LogP contribution in [0.2, 0.25) is 5.02 Å². The SMILES string of the molecule is Cc1ccc(C(=O)N2CCc3c([nH]c4ccccc34)[C@H]2c2ccc(Cl)cc2)cc1. The summed E-state index contributed by atoms with van der Waals surface area (Å²) in [5.74, 6) is 0.0502. The molecule has 144 valence electrons. The lowest BCUT2D eigenvalue weighted by atomic mass is 9.91. The van der Waals surface area contributed by atoms with Gasteiger partial charge < -0.3 is 9.88 Å². The standard InChI is InChI=1S/C25H21ClN2O/c1-16-6-8-18(9-7-16)25(29)28-15-14-21-20-4-2-3-5-22(20)27-23(21)24(28)17-10-12-19(26)13-11-17/h2-13,24,27H,14-15H2,1H3/t24-/m1/s1. The van der Waals surface area contributed by atoms with Gasteiger partial charge in [-0.25, -0.2) is 0 Å². The van der Waals surface area contributed by atoms with E-state index in [9.17, 15) is 4.79 Å². The summed E-state index contributed by atoms with van der Waals surface area (Å²) in [6.45, 7) is 2.71. The smallest absolute Gasteiger partial charge is 0.254 e. The van der Waals surface area contributed by atoms with Crippen molar-refractivity contribution in [2.75, 3.05) is 6.54 Å². The van der Waals surface area contributed by atoms with E-state index in [0.717, 1.165) is 28.8 Å². The summed E-state index contributed by atoms with van der Waals surface area (Å²) < 4.78 is 0. The Bertz CT molecular complexity index is 1190. The fourth-order valence-corrected chi connectivity index (χ4v) is 4.44. The number of nitrogens with zero attached hydrogens (tertiary/aromatic N) is 1. The van der Waals surface area contributed by atoms with Crippen LogP contribution >= 0.6 is 11.6 Å². The highest BCUT2D eigenvalue weighted by atomic mass is 35.5. The van der Waals surface area contributed by atoms with Crippen LogP contribution in [-0.2, 0) is 6.42 Å². The highest BCUT2D eigenvalue weighted by Crippen LogP contribution is 2.39. The lowest BCUT2D eigenvalue weighted by Gasteiger charge is -2.36. The summed E-state index contributed by atoms with van der Waals surface area (Å²) >= 11 is 6.14. The third-order valence-electron chi connectivity index (χ3n) is 5.78. The van der Waals surface area contributed by atoms with Gasteiger partial charge in [0.15, 0.2) is 0 Å². The average Bonchev–Trinajstić information content (AvgIpc) is 3.12. The zero-order valence-corrected chi connectivity index (χ0v) is 16.9. The number of rotatable bonds is 2. The van der Waals surface area contributed by atoms with E-state index in [1.54, 1.807) is 0 Å². The molecule has 0 fully saturated rings. The molecule has 4 aromatic rings. The van der Waals surface area contributed by atoms with Crippen LogP contribution < -0.4 is 0 Å². The van der Waals surface area contributed by atoms with Crippen molar-refractivity contribution in [1.29, 1.82) is 0 Å². The molecule has 1 aliphatic heterocycles. The van der Waals surface area contributed by atoms with E-state index in [0.29, 0.717) is 17.1 Å². The number of aromatic amines is 1. The molecule has 0 radical (unpaired) electrons. The number of para-hydroxylation sites is 1. The number of amides is 1. The van der Waals surface area contributed by atoms with Crippen molar-refractivity contribution in [3.05, 3.63) is 106 Å². The molecule has 2 heterocycles. The number of H-pyrrole nitrogens is 1. The number of fused-ring (bicyclic) bond motifs is 3. The molecule has 0 spiro atoms. The number of hydrogen-bond acceptors (Lipinski definition) is 1. The van der Waals surface area contributed by atoms with Crippen molar-refractivity contribution >= 4 is 28.4 Å². The monoisotopic (exact) mass is 400 g/mol. The van der Waals surface area contributed by atoms with Gasteiger partial charge in [-0.15, -0.1) is 0 Å². The maximum atomic E-state index is 13.5. The van der Waals surface area contributed by atoms with Gasteiger partial charge in [0.2, 0.25) is 0 Å². The summed E-state index contributed by atoms with van der Waals surface area (Å²) in [7, 11) is 0. The van der Waals surface area contributed by atoms with Gasteiger partial charge in [-0.3, -0.25) is 4.79 Å². The van der Waals surface area contributed by atoms with Gasteiger partial charge in [-0.05, 0) is 54.8 Å². The van der Waals surface area contributed by atoms with E-state index in [1.165, 1.54) is 10.9 Å². The zero-order valence-electron chi connectivity index (χ0n) is 16.2. The summed E-state index contributed by atoms with van der Waals surface area (Å²) in [4.78, 5) is 19.0. The van der Waals surface area contributed by atoms with Crippen molar-refractivity contribution in [1.82, 2.24) is 9.88 Å². The molecule has 1 aromatic heterocycles. The maximum Gasteiger partial charge on any atom is 0.254 e. The molecule has 0 aliphatic carbocycles. The largest absolute Gasteiger partial charge is 0.356 e. The first-order chi connectivity index (χ1) is 14.1. The van der Waals surface area contributed by atoms with Gasteiger partial charge in [0, 0.05) is 33.7 Å². The predicted octanol–water partition coefficient (Wildman–Crippen LogP) is 5.92. The van der Waals surface area contributed by atoms with E-state index >= 15 is 0 Å². The molecular weight excluding hydrogens is 380 g/mol. The predicted molar refractivity (Wildman–Crippen MR) is 118 cm³/mol. The topological polar surface area (TPSA) is 36.1 Å². The van der Waals surface area contributed by atoms with E-state index in [-0.39, 0.29) is 11.9 Å². The molecule has 1 aliphatic rings. The molecule has 3 aromatic carbocycles. The highest BCUT2D eigenvalue weighted by Gasteiger charge is 2.34. The van der Waals surface area contributed by atoms with E-state index in [4.69, 9.17) is 11.6 Å². The number of benzene rings is 3. The van der Waals surface area contributed by atoms with E-state index < -0.39 is 0 Å². The van der Waals surface area contributed by atoms with Crippen LogP contribution in [0.15, 0.2) is 72.8 Å². The second-order valence-electron chi connectivity index (χ2n) is 7.63. The van der Waals surface area contributed by atoms with Gasteiger partial charge in [0.05, 0.1) is 6.04 Å². The number of carbonyl (C=O) groups is 1. The molecule has 3 nitrogen and oxygen atoms in total. The number of halogens is 1. The molecule has 0 saturated heterocycles. The Morgan fingerprint density at radius 1 is 1.00 bits per heavy atom. The Labute approximate surface area is 174 Å². The van der Waals surface area contributed by atoms with Gasteiger partial charge in [0.1, 0.15) is 0 Å². The van der Waals surface area contributed by atoms with E-state index in [2.05, 4.69) is 23.2 Å². The first-order valence-electron chi connectivity index (χ1n) is 9.84. The minimum atomic E-state index is -0.169. The summed E-state index contributed by atoms with van der Waals surface area (Å²) in [6, 6.07) is 23.8. The molecule has 29 heavy (non-hydrogen) atoms. The van der Waals surface area contributed by atoms with Gasteiger partial charge in [-0.1, -0.05) is 59.6 Å². The minimum Gasteiger partial charge on any atom is -0.356 e. The van der Waals surface area contributed by atoms with Crippen molar-refractivity contribution in [3.8, 4) is 0 Å². The third kappa shape index (κ3) is 3.12.